The quantitative estimate of drug-likeness (QED) is 0.214. The summed E-state index contributed by atoms with van der Waals surface area (Å²) in [5.41, 5.74) is 5.47. The van der Waals surface area contributed by atoms with Gasteiger partial charge in [0.2, 0.25) is 5.88 Å². The van der Waals surface area contributed by atoms with Crippen molar-refractivity contribution in [2.45, 2.75) is 61.8 Å². The summed E-state index contributed by atoms with van der Waals surface area (Å²) in [6, 6.07) is 2.22. The van der Waals surface area contributed by atoms with Crippen LogP contribution in [0.25, 0.3) is 0 Å². The third-order valence-corrected chi connectivity index (χ3v) is 7.41. The summed E-state index contributed by atoms with van der Waals surface area (Å²) in [6.45, 7) is 1.72. The van der Waals surface area contributed by atoms with Crippen LogP contribution in [0.4, 0.5) is 4.39 Å². The smallest absolute Gasteiger partial charge is 0.290 e. The van der Waals surface area contributed by atoms with Gasteiger partial charge in [-0.3, -0.25) is 10.1 Å². The number of fused-ring (bicyclic) bond motifs is 1. The van der Waals surface area contributed by atoms with E-state index in [1.807, 2.05) is 6.20 Å². The molecule has 4 aliphatic rings. The maximum atomic E-state index is 13.0. The number of halogens is 2. The number of ether oxygens (including phenoxy) is 2. The van der Waals surface area contributed by atoms with Crippen molar-refractivity contribution >= 4 is 34.5 Å². The highest BCUT2D eigenvalue weighted by Crippen LogP contribution is 2.47. The fraction of sp³-hybridized carbons (Fsp3) is 0.625. The second kappa shape index (κ2) is 10.2. The average Bonchev–Trinajstić information content (AvgIpc) is 3.73. The van der Waals surface area contributed by atoms with Crippen molar-refractivity contribution in [3.63, 3.8) is 0 Å². The minimum atomic E-state index is -1.41. The second-order valence-electron chi connectivity index (χ2n) is 9.52. The average molecular weight is 567 g/mol. The van der Waals surface area contributed by atoms with E-state index in [1.54, 1.807) is 28.7 Å². The molecule has 0 spiro atoms. The number of nitrogens with one attached hydrogen (secondary N) is 3. The summed E-state index contributed by atoms with van der Waals surface area (Å²) < 4.78 is 22.2. The number of rotatable bonds is 10. The Bertz CT molecular complexity index is 962. The molecule has 0 bridgehead atoms. The standard InChI is InChI=1S/C24H31FIN5O2/c25-24(26)33-21-11-18(30-31-21)4-1-14-9-17-10-19(17)23(20(12-27)28-13-14)29-22(15-2-3-15)16-5-7-32-8-6-16/h11-13,15-17,22,24,27,29H,1-10H2,(H,30,31)/b14-13-,23-19?,27-12?,28-20?/t17?,22-,24?/m0/s1. The number of hydrogen-bond donors (Lipinski definition) is 3. The summed E-state index contributed by atoms with van der Waals surface area (Å²) in [6.07, 6.45) is 11.9. The molecular weight excluding hydrogens is 536 g/mol. The van der Waals surface area contributed by atoms with Gasteiger partial charge in [-0.1, -0.05) is 5.57 Å². The van der Waals surface area contributed by atoms with E-state index in [4.69, 9.17) is 19.9 Å². The van der Waals surface area contributed by atoms with E-state index in [0.717, 1.165) is 74.8 Å². The lowest BCUT2D eigenvalue weighted by Crippen LogP contribution is -2.42. The minimum Gasteiger partial charge on any atom is -0.433 e. The van der Waals surface area contributed by atoms with Crippen molar-refractivity contribution in [2.75, 3.05) is 13.2 Å². The zero-order valence-corrected chi connectivity index (χ0v) is 20.8. The van der Waals surface area contributed by atoms with E-state index in [1.165, 1.54) is 30.2 Å². The molecule has 3 N–H and O–H groups in total. The number of aromatic amines is 1. The molecule has 0 radical (unpaired) electrons. The Morgan fingerprint density at radius 1 is 1.24 bits per heavy atom. The molecule has 1 aromatic heterocycles. The third kappa shape index (κ3) is 5.85. The van der Waals surface area contributed by atoms with Crippen molar-refractivity contribution in [2.24, 2.45) is 22.7 Å². The lowest BCUT2D eigenvalue weighted by molar-refractivity contribution is 0.0524. The Kier molecular flexibility index (Phi) is 7.15. The molecule has 9 heteroatoms. The molecule has 33 heavy (non-hydrogen) atoms. The molecule has 3 heterocycles. The number of hydrogen-bond acceptors (Lipinski definition) is 6. The van der Waals surface area contributed by atoms with Gasteiger partial charge in [-0.2, -0.15) is 4.39 Å². The summed E-state index contributed by atoms with van der Waals surface area (Å²) in [5.74, 6) is 2.19. The van der Waals surface area contributed by atoms with E-state index in [-0.39, 0.29) is 5.88 Å². The zero-order chi connectivity index (χ0) is 22.8. The highest BCUT2D eigenvalue weighted by molar-refractivity contribution is 14.1. The van der Waals surface area contributed by atoms with Crippen LogP contribution in [0.1, 0.15) is 50.6 Å². The molecule has 2 saturated carbocycles. The fourth-order valence-electron chi connectivity index (χ4n) is 5.14. The van der Waals surface area contributed by atoms with Crippen molar-refractivity contribution in [3.8, 4) is 5.88 Å². The van der Waals surface area contributed by atoms with Gasteiger partial charge in [0.25, 0.3) is 4.36 Å². The van der Waals surface area contributed by atoms with Crippen LogP contribution in [0.3, 0.4) is 0 Å². The van der Waals surface area contributed by atoms with E-state index >= 15 is 0 Å². The summed E-state index contributed by atoms with van der Waals surface area (Å²) in [4.78, 5) is 4.74. The predicted octanol–water partition coefficient (Wildman–Crippen LogP) is 4.86. The minimum absolute atomic E-state index is 0.278. The first kappa shape index (κ1) is 23.0. The molecule has 5 rings (SSSR count). The normalized spacial score (nSPS) is 26.8. The Morgan fingerprint density at radius 2 is 2.03 bits per heavy atom. The monoisotopic (exact) mass is 567 g/mol. The molecule has 2 aliphatic heterocycles. The highest BCUT2D eigenvalue weighted by Gasteiger charge is 2.41. The van der Waals surface area contributed by atoms with E-state index in [2.05, 4.69) is 15.5 Å². The first-order valence-corrected chi connectivity index (χ1v) is 13.2. The molecule has 0 aromatic carbocycles. The zero-order valence-electron chi connectivity index (χ0n) is 18.7. The largest absolute Gasteiger partial charge is 0.433 e. The number of nitrogens with zero attached hydrogens (tertiary/aromatic N) is 2. The van der Waals surface area contributed by atoms with Crippen molar-refractivity contribution < 1.29 is 13.9 Å². The molecule has 0 amide bonds. The van der Waals surface area contributed by atoms with E-state index in [0.29, 0.717) is 17.9 Å². The van der Waals surface area contributed by atoms with Crippen LogP contribution in [0.2, 0.25) is 0 Å². The van der Waals surface area contributed by atoms with Gasteiger partial charge in [-0.15, -0.1) is 5.10 Å². The third-order valence-electron chi connectivity index (χ3n) is 7.16. The first-order valence-electron chi connectivity index (χ1n) is 11.9. The molecule has 2 unspecified atom stereocenters. The number of aromatic nitrogens is 2. The van der Waals surface area contributed by atoms with Gasteiger partial charge in [0.05, 0.1) is 5.70 Å². The van der Waals surface area contributed by atoms with Crippen LogP contribution in [-0.2, 0) is 11.2 Å². The predicted molar refractivity (Wildman–Crippen MR) is 134 cm³/mol. The van der Waals surface area contributed by atoms with Gasteiger partial charge in [0.15, 0.2) is 0 Å². The van der Waals surface area contributed by atoms with Crippen LogP contribution in [0.15, 0.2) is 34.1 Å². The van der Waals surface area contributed by atoms with E-state index in [9.17, 15) is 4.39 Å². The molecule has 1 aromatic rings. The molecule has 3 fully saturated rings. The second-order valence-corrected chi connectivity index (χ2v) is 10.5. The van der Waals surface area contributed by atoms with Gasteiger partial charge < -0.3 is 20.2 Å². The molecule has 178 valence electrons. The van der Waals surface area contributed by atoms with E-state index < -0.39 is 4.36 Å². The van der Waals surface area contributed by atoms with Crippen LogP contribution in [-0.4, -0.2) is 45.7 Å². The molecule has 1 saturated heterocycles. The Morgan fingerprint density at radius 3 is 2.76 bits per heavy atom. The van der Waals surface area contributed by atoms with Crippen molar-refractivity contribution in [1.82, 2.24) is 15.5 Å². The SMILES string of the molecule is N=CC1=N/C=C(/CCc2cc(OC(F)I)n[nH]2)CC2CC2=C1N[C@H](C1CCOCC1)C1CC1. The summed E-state index contributed by atoms with van der Waals surface area (Å²) in [5, 5.41) is 18.9. The lowest BCUT2D eigenvalue weighted by atomic mass is 9.88. The number of allylic oxidation sites excluding steroid dienone is 3. The Hall–Kier alpha value is -1.75. The molecule has 2 aliphatic carbocycles. The van der Waals surface area contributed by atoms with Crippen molar-refractivity contribution in [1.29, 1.82) is 5.41 Å². The van der Waals surface area contributed by atoms with Gasteiger partial charge in [-0.25, -0.2) is 0 Å². The number of H-pyrrole nitrogens is 1. The summed E-state index contributed by atoms with van der Waals surface area (Å²) in [7, 11) is 0. The fourth-order valence-corrected chi connectivity index (χ4v) is 5.40. The highest BCUT2D eigenvalue weighted by atomic mass is 127. The maximum Gasteiger partial charge on any atom is 0.290 e. The van der Waals surface area contributed by atoms with Crippen LogP contribution in [0.5, 0.6) is 5.88 Å². The number of alkyl halides is 2. The molecule has 7 nitrogen and oxygen atoms in total. The number of aryl methyl sites for hydroxylation is 1. The van der Waals surface area contributed by atoms with Gasteiger partial charge in [0.1, 0.15) is 5.71 Å². The topological polar surface area (TPSA) is 95.4 Å². The maximum absolute atomic E-state index is 13.0. The Labute approximate surface area is 207 Å². The first-order chi connectivity index (χ1) is 16.1. The Balaban J connectivity index is 1.26. The van der Waals surface area contributed by atoms with Gasteiger partial charge in [0, 0.05) is 66.0 Å². The molecule has 3 atom stereocenters. The lowest BCUT2D eigenvalue weighted by Gasteiger charge is -2.33. The van der Waals surface area contributed by atoms with Crippen molar-refractivity contribution in [3.05, 3.63) is 34.8 Å². The summed E-state index contributed by atoms with van der Waals surface area (Å²) >= 11 is 1.56. The molecular formula is C24H31FIN5O2. The van der Waals surface area contributed by atoms with Crippen LogP contribution < -0.4 is 10.1 Å². The van der Waals surface area contributed by atoms with Gasteiger partial charge in [-0.05, 0) is 74.7 Å². The number of aliphatic imine (C=N–C) groups is 1. The van der Waals surface area contributed by atoms with Crippen LogP contribution in [0, 0.1) is 23.2 Å². The van der Waals surface area contributed by atoms with Crippen LogP contribution >= 0.6 is 22.6 Å². The van der Waals surface area contributed by atoms with Gasteiger partial charge >= 0.3 is 0 Å².